The number of hydrogen-bond donors (Lipinski definition) is 0. The van der Waals surface area contributed by atoms with Gasteiger partial charge in [0.1, 0.15) is 5.75 Å². The number of ether oxygens (including phenoxy) is 1. The minimum atomic E-state index is 0.140. The minimum absolute atomic E-state index is 0.140. The second-order valence-electron chi connectivity index (χ2n) is 8.88. The summed E-state index contributed by atoms with van der Waals surface area (Å²) in [6, 6.07) is 22.1. The fourth-order valence-electron chi connectivity index (χ4n) is 5.00. The molecular formula is C26H35N3O. The molecule has 0 bridgehead atoms. The molecule has 3 atom stereocenters. The number of piperidine rings is 1. The molecule has 0 spiro atoms. The highest BCUT2D eigenvalue weighted by Crippen LogP contribution is 2.44. The van der Waals surface area contributed by atoms with Crippen LogP contribution in [0, 0.1) is 17.2 Å². The van der Waals surface area contributed by atoms with Crippen LogP contribution in [0.1, 0.15) is 37.8 Å². The van der Waals surface area contributed by atoms with Gasteiger partial charge in [-0.2, -0.15) is 5.26 Å². The van der Waals surface area contributed by atoms with Crippen molar-refractivity contribution in [3.05, 3.63) is 65.7 Å². The maximum atomic E-state index is 9.43. The van der Waals surface area contributed by atoms with E-state index in [1.165, 1.54) is 11.1 Å². The van der Waals surface area contributed by atoms with Gasteiger partial charge in [-0.15, -0.1) is 0 Å². The molecule has 0 saturated carbocycles. The third-order valence-electron chi connectivity index (χ3n) is 7.00. The van der Waals surface area contributed by atoms with E-state index in [0.29, 0.717) is 18.5 Å². The number of benzene rings is 2. The molecule has 3 unspecified atom stereocenters. The Morgan fingerprint density at radius 1 is 1.13 bits per heavy atom. The van der Waals surface area contributed by atoms with Crippen LogP contribution in [0.3, 0.4) is 0 Å². The third-order valence-corrected chi connectivity index (χ3v) is 7.00. The molecule has 0 aromatic heterocycles. The topological polar surface area (TPSA) is 39.5 Å². The van der Waals surface area contributed by atoms with E-state index in [1.54, 1.807) is 7.11 Å². The molecule has 1 heterocycles. The van der Waals surface area contributed by atoms with Crippen molar-refractivity contribution in [2.75, 3.05) is 33.8 Å². The van der Waals surface area contributed by atoms with Crippen molar-refractivity contribution in [1.29, 1.82) is 5.26 Å². The first-order chi connectivity index (χ1) is 14.5. The van der Waals surface area contributed by atoms with Gasteiger partial charge in [-0.1, -0.05) is 49.4 Å². The van der Waals surface area contributed by atoms with E-state index in [9.17, 15) is 5.26 Å². The Morgan fingerprint density at radius 2 is 1.83 bits per heavy atom. The largest absolute Gasteiger partial charge is 0.497 e. The van der Waals surface area contributed by atoms with Gasteiger partial charge in [-0.05, 0) is 56.0 Å². The molecule has 30 heavy (non-hydrogen) atoms. The second kappa shape index (κ2) is 10.1. The summed E-state index contributed by atoms with van der Waals surface area (Å²) in [4.78, 5) is 4.76. The molecule has 2 aromatic rings. The number of nitrogens with zero attached hydrogens (tertiary/aromatic N) is 3. The Bertz CT molecular complexity index is 830. The number of rotatable bonds is 8. The molecule has 0 amide bonds. The highest BCUT2D eigenvalue weighted by molar-refractivity contribution is 5.29. The summed E-state index contributed by atoms with van der Waals surface area (Å²) in [5, 5.41) is 9.43. The first-order valence-corrected chi connectivity index (χ1v) is 11.0. The Labute approximate surface area is 182 Å². The predicted molar refractivity (Wildman–Crippen MR) is 122 cm³/mol. The minimum Gasteiger partial charge on any atom is -0.497 e. The number of nitriles is 1. The zero-order valence-corrected chi connectivity index (χ0v) is 18.8. The summed E-state index contributed by atoms with van der Waals surface area (Å²) >= 11 is 0. The molecule has 1 aliphatic rings. The summed E-state index contributed by atoms with van der Waals surface area (Å²) in [5.74, 6) is 1.42. The number of hydrogen-bond acceptors (Lipinski definition) is 4. The van der Waals surface area contributed by atoms with Crippen LogP contribution in [0.5, 0.6) is 5.75 Å². The van der Waals surface area contributed by atoms with E-state index in [-0.39, 0.29) is 5.41 Å². The Balaban J connectivity index is 1.79. The molecule has 0 N–H and O–H groups in total. The average molecular weight is 406 g/mol. The number of likely N-dealkylation sites (tertiary alicyclic amines) is 1. The summed E-state index contributed by atoms with van der Waals surface area (Å²) in [7, 11) is 3.92. The molecular weight excluding hydrogens is 370 g/mol. The smallest absolute Gasteiger partial charge is 0.118 e. The molecule has 3 rings (SSSR count). The fourth-order valence-corrected chi connectivity index (χ4v) is 5.00. The van der Waals surface area contributed by atoms with Crippen LogP contribution < -0.4 is 4.74 Å². The molecule has 0 radical (unpaired) electrons. The summed E-state index contributed by atoms with van der Waals surface area (Å²) in [5.41, 5.74) is 2.80. The van der Waals surface area contributed by atoms with Gasteiger partial charge >= 0.3 is 0 Å². The lowest BCUT2D eigenvalue weighted by Gasteiger charge is -2.50. The highest BCUT2D eigenvalue weighted by atomic mass is 16.5. The van der Waals surface area contributed by atoms with Crippen LogP contribution in [0.15, 0.2) is 54.6 Å². The average Bonchev–Trinajstić information content (AvgIpc) is 2.76. The van der Waals surface area contributed by atoms with E-state index < -0.39 is 0 Å². The normalized spacial score (nSPS) is 24.5. The molecule has 1 fully saturated rings. The maximum absolute atomic E-state index is 9.43. The van der Waals surface area contributed by atoms with Crippen LogP contribution in [0.2, 0.25) is 0 Å². The Morgan fingerprint density at radius 3 is 2.47 bits per heavy atom. The van der Waals surface area contributed by atoms with Crippen molar-refractivity contribution in [2.24, 2.45) is 5.92 Å². The van der Waals surface area contributed by atoms with Crippen LogP contribution in [-0.2, 0) is 12.0 Å². The van der Waals surface area contributed by atoms with Crippen LogP contribution in [-0.4, -0.2) is 49.6 Å². The van der Waals surface area contributed by atoms with Crippen molar-refractivity contribution in [2.45, 2.75) is 44.7 Å². The van der Waals surface area contributed by atoms with E-state index in [0.717, 1.165) is 38.2 Å². The van der Waals surface area contributed by atoms with Crippen LogP contribution in [0.25, 0.3) is 0 Å². The van der Waals surface area contributed by atoms with Gasteiger partial charge in [-0.25, -0.2) is 0 Å². The Hall–Kier alpha value is -2.35. The zero-order chi connectivity index (χ0) is 21.6. The van der Waals surface area contributed by atoms with Crippen molar-refractivity contribution in [3.63, 3.8) is 0 Å². The molecule has 4 nitrogen and oxygen atoms in total. The van der Waals surface area contributed by atoms with E-state index in [4.69, 9.17) is 4.74 Å². The van der Waals surface area contributed by atoms with Crippen molar-refractivity contribution in [3.8, 4) is 11.8 Å². The lowest BCUT2D eigenvalue weighted by Crippen LogP contribution is -2.52. The van der Waals surface area contributed by atoms with E-state index >= 15 is 0 Å². The lowest BCUT2D eigenvalue weighted by molar-refractivity contribution is 0.0612. The van der Waals surface area contributed by atoms with Gasteiger partial charge in [0, 0.05) is 31.1 Å². The van der Waals surface area contributed by atoms with Crippen molar-refractivity contribution >= 4 is 0 Å². The van der Waals surface area contributed by atoms with Crippen molar-refractivity contribution < 1.29 is 4.74 Å². The molecule has 1 saturated heterocycles. The van der Waals surface area contributed by atoms with Gasteiger partial charge in [0.2, 0.25) is 0 Å². The maximum Gasteiger partial charge on any atom is 0.118 e. The first kappa shape index (κ1) is 22.3. The van der Waals surface area contributed by atoms with Crippen molar-refractivity contribution in [1.82, 2.24) is 9.80 Å². The molecule has 2 aromatic carbocycles. The second-order valence-corrected chi connectivity index (χ2v) is 8.88. The zero-order valence-electron chi connectivity index (χ0n) is 18.8. The Kier molecular flexibility index (Phi) is 7.53. The first-order valence-electron chi connectivity index (χ1n) is 11.0. The van der Waals surface area contributed by atoms with Gasteiger partial charge < -0.3 is 9.64 Å². The SMILES string of the molecule is COc1ccc(CN(CC#N)CCC2(c3ccccc3)CC(C)N(C)CC2C)cc1. The van der Waals surface area contributed by atoms with Gasteiger partial charge in [0.25, 0.3) is 0 Å². The molecule has 160 valence electrons. The third kappa shape index (κ3) is 5.03. The molecule has 1 aliphatic heterocycles. The quantitative estimate of drug-likeness (QED) is 0.596. The molecule has 0 aliphatic carbocycles. The van der Waals surface area contributed by atoms with Gasteiger partial charge in [-0.3, -0.25) is 4.90 Å². The monoisotopic (exact) mass is 405 g/mol. The summed E-state index contributed by atoms with van der Waals surface area (Å²) in [6.45, 7) is 7.98. The number of methoxy groups -OCH3 is 1. The van der Waals surface area contributed by atoms with Crippen LogP contribution in [0.4, 0.5) is 0 Å². The van der Waals surface area contributed by atoms with Crippen LogP contribution >= 0.6 is 0 Å². The standard InChI is InChI=1S/C26H35N3O/c1-21-19-28(3)22(2)18-26(21,24-8-6-5-7-9-24)14-16-29(17-15-27)20-23-10-12-25(30-4)13-11-23/h5-13,21-22H,14,16-20H2,1-4H3. The summed E-state index contributed by atoms with van der Waals surface area (Å²) in [6.07, 6.45) is 2.21. The van der Waals surface area contributed by atoms with Gasteiger partial charge in [0.15, 0.2) is 0 Å². The predicted octanol–water partition coefficient (Wildman–Crippen LogP) is 4.71. The van der Waals surface area contributed by atoms with E-state index in [2.05, 4.69) is 79.2 Å². The summed E-state index contributed by atoms with van der Waals surface area (Å²) < 4.78 is 5.27. The fraction of sp³-hybridized carbons (Fsp3) is 0.500. The lowest BCUT2D eigenvalue weighted by atomic mass is 9.63. The van der Waals surface area contributed by atoms with E-state index in [1.807, 2.05) is 12.1 Å². The molecule has 4 heteroatoms. The highest BCUT2D eigenvalue weighted by Gasteiger charge is 2.43. The van der Waals surface area contributed by atoms with Gasteiger partial charge in [0.05, 0.1) is 19.7 Å².